The van der Waals surface area contributed by atoms with Gasteiger partial charge in [0.1, 0.15) is 5.60 Å². The number of rotatable bonds is 1. The van der Waals surface area contributed by atoms with Gasteiger partial charge in [0.15, 0.2) is 0 Å². The van der Waals surface area contributed by atoms with Gasteiger partial charge in [0.25, 0.3) is 0 Å². The maximum absolute atomic E-state index is 11.6. The zero-order chi connectivity index (χ0) is 12.2. The molecule has 1 fully saturated rings. The van der Waals surface area contributed by atoms with E-state index in [9.17, 15) is 9.59 Å². The molecule has 0 aromatic rings. The van der Waals surface area contributed by atoms with E-state index in [1.807, 2.05) is 0 Å². The molecule has 0 saturated carbocycles. The Kier molecular flexibility index (Phi) is 4.29. The number of alkyl carbamates (subject to hydrolysis) is 1. The molecule has 0 aromatic carbocycles. The van der Waals surface area contributed by atoms with Crippen molar-refractivity contribution in [2.75, 3.05) is 6.54 Å². The van der Waals surface area contributed by atoms with Crippen LogP contribution < -0.4 is 10.6 Å². The van der Waals surface area contributed by atoms with Gasteiger partial charge >= 0.3 is 6.09 Å². The first kappa shape index (κ1) is 13.0. The summed E-state index contributed by atoms with van der Waals surface area (Å²) in [6, 6.07) is -0.263. The van der Waals surface area contributed by atoms with Crippen molar-refractivity contribution in [3.63, 3.8) is 0 Å². The summed E-state index contributed by atoms with van der Waals surface area (Å²) in [5.74, 6) is -0.297. The highest BCUT2D eigenvalue weighted by Crippen LogP contribution is 2.09. The van der Waals surface area contributed by atoms with Gasteiger partial charge in [0.05, 0.1) is 6.04 Å². The van der Waals surface area contributed by atoms with Crippen molar-refractivity contribution in [1.29, 1.82) is 0 Å². The van der Waals surface area contributed by atoms with Gasteiger partial charge in [-0.15, -0.1) is 0 Å². The van der Waals surface area contributed by atoms with E-state index < -0.39 is 11.7 Å². The van der Waals surface area contributed by atoms with Gasteiger partial charge in [-0.05, 0) is 40.2 Å². The topological polar surface area (TPSA) is 67.4 Å². The summed E-state index contributed by atoms with van der Waals surface area (Å²) in [5.41, 5.74) is -0.579. The zero-order valence-electron chi connectivity index (χ0n) is 10.1. The van der Waals surface area contributed by atoms with Gasteiger partial charge in [-0.2, -0.15) is 0 Å². The molecule has 1 rings (SSSR count). The second-order valence-electron chi connectivity index (χ2n) is 4.99. The Balaban J connectivity index is 2.35. The summed E-state index contributed by atoms with van der Waals surface area (Å²) in [5, 5.41) is 5.31. The van der Waals surface area contributed by atoms with Crippen LogP contribution >= 0.6 is 0 Å². The molecule has 2 N–H and O–H groups in total. The molecule has 0 spiro atoms. The normalized spacial score (nSPS) is 21.3. The Morgan fingerprint density at radius 3 is 2.50 bits per heavy atom. The third-order valence-corrected chi connectivity index (χ3v) is 2.25. The number of hydrogen-bond acceptors (Lipinski definition) is 4. The molecule has 1 atom stereocenters. The molecule has 1 unspecified atom stereocenters. The highest BCUT2D eigenvalue weighted by Gasteiger charge is 2.24. The SMILES string of the molecule is CC(C)(C)OC(=O)NC(=O)C1CCCCN1. The van der Waals surface area contributed by atoms with E-state index in [1.54, 1.807) is 20.8 Å². The largest absolute Gasteiger partial charge is 0.444 e. The standard InChI is InChI=1S/C11H20N2O3/c1-11(2,3)16-10(15)13-9(14)8-6-4-5-7-12-8/h8,12H,4-7H2,1-3H3,(H,13,14,15). The highest BCUT2D eigenvalue weighted by atomic mass is 16.6. The van der Waals surface area contributed by atoms with Crippen LogP contribution in [0.4, 0.5) is 4.79 Å². The third kappa shape index (κ3) is 4.61. The molecule has 1 aliphatic heterocycles. The maximum Gasteiger partial charge on any atom is 0.414 e. The number of carbonyl (C=O) groups excluding carboxylic acids is 2. The molecule has 0 aliphatic carbocycles. The molecule has 5 nitrogen and oxygen atoms in total. The first-order valence-corrected chi connectivity index (χ1v) is 5.66. The number of ether oxygens (including phenoxy) is 1. The quantitative estimate of drug-likeness (QED) is 0.707. The lowest BCUT2D eigenvalue weighted by Crippen LogP contribution is -2.49. The Hall–Kier alpha value is -1.10. The molecular formula is C11H20N2O3. The van der Waals surface area contributed by atoms with Crippen LogP contribution in [0.15, 0.2) is 0 Å². The fraction of sp³-hybridized carbons (Fsp3) is 0.818. The summed E-state index contributed by atoms with van der Waals surface area (Å²) in [6.45, 7) is 6.11. The summed E-state index contributed by atoms with van der Waals surface area (Å²) in [6.07, 6.45) is 2.19. The molecular weight excluding hydrogens is 208 g/mol. The Morgan fingerprint density at radius 2 is 2.00 bits per heavy atom. The van der Waals surface area contributed by atoms with Gasteiger partial charge in [0, 0.05) is 0 Å². The van der Waals surface area contributed by atoms with Gasteiger partial charge in [0.2, 0.25) is 5.91 Å². The molecule has 1 aliphatic rings. The number of carbonyl (C=O) groups is 2. The maximum atomic E-state index is 11.6. The van der Waals surface area contributed by atoms with Crippen molar-refractivity contribution in [3.8, 4) is 0 Å². The predicted molar refractivity (Wildman–Crippen MR) is 60.0 cm³/mol. The molecule has 1 heterocycles. The minimum absolute atomic E-state index is 0.263. The molecule has 16 heavy (non-hydrogen) atoms. The highest BCUT2D eigenvalue weighted by molar-refractivity contribution is 5.94. The van der Waals surface area contributed by atoms with Gasteiger partial charge in [-0.25, -0.2) is 4.79 Å². The van der Waals surface area contributed by atoms with Crippen LogP contribution in [-0.4, -0.2) is 30.2 Å². The molecule has 1 saturated heterocycles. The van der Waals surface area contributed by atoms with Gasteiger partial charge in [-0.3, -0.25) is 10.1 Å². The second-order valence-corrected chi connectivity index (χ2v) is 4.99. The molecule has 2 amide bonds. The smallest absolute Gasteiger partial charge is 0.414 e. The molecule has 92 valence electrons. The van der Waals surface area contributed by atoms with Crippen molar-refractivity contribution in [3.05, 3.63) is 0 Å². The number of piperidine rings is 1. The Morgan fingerprint density at radius 1 is 1.31 bits per heavy atom. The van der Waals surface area contributed by atoms with Crippen LogP contribution in [0.5, 0.6) is 0 Å². The predicted octanol–water partition coefficient (Wildman–Crippen LogP) is 1.18. The Bertz CT molecular complexity index is 265. The number of amides is 2. The van der Waals surface area contributed by atoms with E-state index in [1.165, 1.54) is 0 Å². The first-order valence-electron chi connectivity index (χ1n) is 5.66. The summed E-state index contributed by atoms with van der Waals surface area (Å²) >= 11 is 0. The lowest BCUT2D eigenvalue weighted by Gasteiger charge is -2.23. The first-order chi connectivity index (χ1) is 7.38. The number of nitrogens with one attached hydrogen (secondary N) is 2. The van der Waals surface area contributed by atoms with Gasteiger partial charge in [-0.1, -0.05) is 6.42 Å². The van der Waals surface area contributed by atoms with Crippen LogP contribution in [0, 0.1) is 0 Å². The Labute approximate surface area is 95.9 Å². The second kappa shape index (κ2) is 5.30. The third-order valence-electron chi connectivity index (χ3n) is 2.25. The summed E-state index contributed by atoms with van der Waals surface area (Å²) in [4.78, 5) is 22.9. The fourth-order valence-corrected chi connectivity index (χ4v) is 1.57. The van der Waals surface area contributed by atoms with Gasteiger partial charge < -0.3 is 10.1 Å². The van der Waals surface area contributed by atoms with Crippen LogP contribution in [0.1, 0.15) is 40.0 Å². The van der Waals surface area contributed by atoms with Crippen molar-refractivity contribution >= 4 is 12.0 Å². The lowest BCUT2D eigenvalue weighted by molar-refractivity contribution is -0.123. The summed E-state index contributed by atoms with van der Waals surface area (Å²) < 4.78 is 5.00. The average Bonchev–Trinajstić information content (AvgIpc) is 2.16. The minimum atomic E-state index is -0.676. The van der Waals surface area contributed by atoms with Crippen LogP contribution in [0.3, 0.4) is 0 Å². The van der Waals surface area contributed by atoms with E-state index >= 15 is 0 Å². The molecule has 0 bridgehead atoms. The summed E-state index contributed by atoms with van der Waals surface area (Å²) in [7, 11) is 0. The molecule has 0 radical (unpaired) electrons. The van der Waals surface area contributed by atoms with Crippen molar-refractivity contribution in [1.82, 2.24) is 10.6 Å². The zero-order valence-corrected chi connectivity index (χ0v) is 10.1. The van der Waals surface area contributed by atoms with E-state index in [2.05, 4.69) is 10.6 Å². The van der Waals surface area contributed by atoms with Crippen molar-refractivity contribution in [2.45, 2.75) is 51.7 Å². The fourth-order valence-electron chi connectivity index (χ4n) is 1.57. The van der Waals surface area contributed by atoms with Crippen LogP contribution in [0.2, 0.25) is 0 Å². The van der Waals surface area contributed by atoms with E-state index in [4.69, 9.17) is 4.74 Å². The monoisotopic (exact) mass is 228 g/mol. The van der Waals surface area contributed by atoms with Crippen LogP contribution in [-0.2, 0) is 9.53 Å². The van der Waals surface area contributed by atoms with E-state index in [0.29, 0.717) is 0 Å². The molecule has 5 heteroatoms. The lowest BCUT2D eigenvalue weighted by atomic mass is 10.0. The minimum Gasteiger partial charge on any atom is -0.444 e. The van der Waals surface area contributed by atoms with Crippen molar-refractivity contribution < 1.29 is 14.3 Å². The van der Waals surface area contributed by atoms with Crippen LogP contribution in [0.25, 0.3) is 0 Å². The number of imide groups is 1. The molecule has 0 aromatic heterocycles. The number of hydrogen-bond donors (Lipinski definition) is 2. The average molecular weight is 228 g/mol. The van der Waals surface area contributed by atoms with Crippen molar-refractivity contribution in [2.24, 2.45) is 0 Å². The van der Waals surface area contributed by atoms with E-state index in [-0.39, 0.29) is 11.9 Å². The van der Waals surface area contributed by atoms with E-state index in [0.717, 1.165) is 25.8 Å².